The number of fused-ring (bicyclic) bond motifs is 1. The molecular formula is C15H25BN3O5P. The maximum Gasteiger partial charge on any atom is 0.358 e. The van der Waals surface area contributed by atoms with Gasteiger partial charge in [0, 0.05) is 25.6 Å². The van der Waals surface area contributed by atoms with Crippen molar-refractivity contribution in [2.24, 2.45) is 11.8 Å². The monoisotopic (exact) mass is 369 g/mol. The molecule has 2 unspecified atom stereocenters. The van der Waals surface area contributed by atoms with Gasteiger partial charge in [-0.05, 0) is 18.9 Å². The Kier molecular flexibility index (Phi) is 5.51. The van der Waals surface area contributed by atoms with Gasteiger partial charge in [0.25, 0.3) is 0 Å². The minimum Gasteiger partial charge on any atom is -0.428 e. The van der Waals surface area contributed by atoms with Gasteiger partial charge in [-0.1, -0.05) is 6.92 Å². The number of carbonyl (C=O) groups excluding carboxylic acids is 2. The highest BCUT2D eigenvalue weighted by molar-refractivity contribution is 7.32. The van der Waals surface area contributed by atoms with Gasteiger partial charge in [-0.15, -0.1) is 0 Å². The number of hydrogen-bond donors (Lipinski definition) is 3. The van der Waals surface area contributed by atoms with Crippen LogP contribution in [0.5, 0.6) is 0 Å². The Labute approximate surface area is 149 Å². The average molecular weight is 369 g/mol. The largest absolute Gasteiger partial charge is 0.428 e. The van der Waals surface area contributed by atoms with Crippen LogP contribution in [0.1, 0.15) is 20.3 Å². The normalized spacial score (nSPS) is 33.9. The summed E-state index contributed by atoms with van der Waals surface area (Å²) in [5.41, 5.74) is 1.19. The van der Waals surface area contributed by atoms with Gasteiger partial charge in [0.05, 0.1) is 24.2 Å². The van der Waals surface area contributed by atoms with E-state index in [1.54, 1.807) is 14.9 Å². The number of aliphatic hydroxyl groups is 2. The molecule has 0 saturated carbocycles. The Balaban J connectivity index is 1.87. The van der Waals surface area contributed by atoms with Crippen LogP contribution in [0.4, 0.5) is 0 Å². The van der Waals surface area contributed by atoms with Crippen LogP contribution in [-0.4, -0.2) is 77.8 Å². The van der Waals surface area contributed by atoms with E-state index in [-0.39, 0.29) is 32.9 Å². The Morgan fingerprint density at radius 2 is 2.28 bits per heavy atom. The first-order valence-electron chi connectivity index (χ1n) is 8.64. The summed E-state index contributed by atoms with van der Waals surface area (Å²) in [6, 6.07) is -0.199. The van der Waals surface area contributed by atoms with Gasteiger partial charge in [0.2, 0.25) is 5.91 Å². The van der Waals surface area contributed by atoms with E-state index >= 15 is 0 Å². The molecule has 8 nitrogen and oxygen atoms in total. The second-order valence-corrected chi connectivity index (χ2v) is 7.96. The second-order valence-electron chi connectivity index (χ2n) is 7.05. The SMILES string of the molecule is BNPOC(=O)C1=C(CN2CC[C@H](O)C2)[C@H](C)[C@@H]2C([C@@H](C)O)C(=O)N12. The first kappa shape index (κ1) is 18.8. The Hall–Kier alpha value is -0.985. The lowest BCUT2D eigenvalue weighted by Crippen LogP contribution is -2.63. The van der Waals surface area contributed by atoms with E-state index in [1.807, 2.05) is 6.92 Å². The molecule has 3 rings (SSSR count). The Morgan fingerprint density at radius 3 is 2.84 bits per heavy atom. The molecular weight excluding hydrogens is 344 g/mol. The lowest BCUT2D eigenvalue weighted by molar-refractivity contribution is -0.162. The fourth-order valence-corrected chi connectivity index (χ4v) is 4.48. The van der Waals surface area contributed by atoms with Crippen molar-refractivity contribution < 1.29 is 24.3 Å². The zero-order valence-electron chi connectivity index (χ0n) is 14.7. The van der Waals surface area contributed by atoms with Crippen molar-refractivity contribution in [1.82, 2.24) is 14.8 Å². The topological polar surface area (TPSA) is 102 Å². The van der Waals surface area contributed by atoms with Gasteiger partial charge in [0.1, 0.15) is 14.7 Å². The zero-order valence-corrected chi connectivity index (χ0v) is 15.7. The summed E-state index contributed by atoms with van der Waals surface area (Å²) in [5.74, 6) is -1.24. The maximum absolute atomic E-state index is 12.6. The van der Waals surface area contributed by atoms with E-state index in [4.69, 9.17) is 4.52 Å². The molecule has 3 heterocycles. The maximum atomic E-state index is 12.6. The summed E-state index contributed by atoms with van der Waals surface area (Å²) in [6.45, 7) is 5.45. The summed E-state index contributed by atoms with van der Waals surface area (Å²) >= 11 is 0. The number of amides is 1. The van der Waals surface area contributed by atoms with Gasteiger partial charge in [-0.2, -0.15) is 0 Å². The third kappa shape index (κ3) is 3.24. The van der Waals surface area contributed by atoms with Gasteiger partial charge in [-0.3, -0.25) is 9.69 Å². The first-order chi connectivity index (χ1) is 11.9. The molecule has 0 radical (unpaired) electrons. The highest BCUT2D eigenvalue weighted by Gasteiger charge is 2.60. The molecule has 0 aromatic heterocycles. The fraction of sp³-hybridized carbons (Fsp3) is 0.733. The van der Waals surface area contributed by atoms with Gasteiger partial charge >= 0.3 is 5.97 Å². The first-order valence-corrected chi connectivity index (χ1v) is 9.55. The van der Waals surface area contributed by atoms with Crippen molar-refractivity contribution in [3.05, 3.63) is 11.3 Å². The van der Waals surface area contributed by atoms with Crippen LogP contribution in [0, 0.1) is 11.8 Å². The highest BCUT2D eigenvalue weighted by Crippen LogP contribution is 2.47. The van der Waals surface area contributed by atoms with Gasteiger partial charge in [-0.25, -0.2) is 4.79 Å². The van der Waals surface area contributed by atoms with Crippen molar-refractivity contribution in [2.75, 3.05) is 19.6 Å². The van der Waals surface area contributed by atoms with Crippen molar-refractivity contribution >= 4 is 28.8 Å². The number of likely N-dealkylation sites (tertiary alicyclic amines) is 1. The van der Waals surface area contributed by atoms with E-state index < -0.39 is 18.0 Å². The molecule has 2 fully saturated rings. The molecule has 2 saturated heterocycles. The molecule has 0 aliphatic carbocycles. The van der Waals surface area contributed by atoms with E-state index in [2.05, 4.69) is 9.90 Å². The molecule has 1 amide bonds. The van der Waals surface area contributed by atoms with Crippen molar-refractivity contribution in [3.8, 4) is 0 Å². The number of nitrogens with zero attached hydrogens (tertiary/aromatic N) is 2. The van der Waals surface area contributed by atoms with Crippen LogP contribution in [0.25, 0.3) is 0 Å². The smallest absolute Gasteiger partial charge is 0.358 e. The van der Waals surface area contributed by atoms with Crippen LogP contribution in [0.15, 0.2) is 11.3 Å². The number of aliphatic hydroxyl groups excluding tert-OH is 2. The van der Waals surface area contributed by atoms with Gasteiger partial charge < -0.3 is 24.6 Å². The lowest BCUT2D eigenvalue weighted by Gasteiger charge is -2.46. The van der Waals surface area contributed by atoms with Crippen LogP contribution in [0.2, 0.25) is 0 Å². The summed E-state index contributed by atoms with van der Waals surface area (Å²) in [5, 5.41) is 19.7. The number of β-amino-alcohol motifs (C(OH)–C–C–N with tert-alkyl or cyclic N) is 1. The van der Waals surface area contributed by atoms with Crippen LogP contribution < -0.4 is 5.00 Å². The third-order valence-corrected chi connectivity index (χ3v) is 5.89. The zero-order chi connectivity index (χ0) is 18.3. The van der Waals surface area contributed by atoms with Crippen LogP contribution in [0.3, 0.4) is 0 Å². The molecule has 3 aliphatic heterocycles. The number of β-lactam (4-membered cyclic amide) rings is 1. The van der Waals surface area contributed by atoms with Crippen molar-refractivity contribution in [1.29, 1.82) is 0 Å². The number of rotatable bonds is 6. The van der Waals surface area contributed by atoms with Crippen molar-refractivity contribution in [2.45, 2.75) is 38.5 Å². The Morgan fingerprint density at radius 1 is 1.56 bits per heavy atom. The van der Waals surface area contributed by atoms with Crippen LogP contribution in [-0.2, 0) is 14.1 Å². The van der Waals surface area contributed by atoms with E-state index in [1.165, 1.54) is 4.90 Å². The van der Waals surface area contributed by atoms with Gasteiger partial charge in [0.15, 0.2) is 7.98 Å². The summed E-state index contributed by atoms with van der Waals surface area (Å²) in [7, 11) is 1.51. The molecule has 10 heteroatoms. The molecule has 6 atom stereocenters. The van der Waals surface area contributed by atoms with E-state index in [0.29, 0.717) is 25.2 Å². The number of carbonyl (C=O) groups is 2. The van der Waals surface area contributed by atoms with Crippen LogP contribution >= 0.6 is 8.96 Å². The molecule has 0 spiro atoms. The highest BCUT2D eigenvalue weighted by atomic mass is 31.1. The lowest BCUT2D eigenvalue weighted by atomic mass is 9.77. The summed E-state index contributed by atoms with van der Waals surface area (Å²) in [6.07, 6.45) is -0.381. The van der Waals surface area contributed by atoms with Crippen molar-refractivity contribution in [3.63, 3.8) is 0 Å². The summed E-state index contributed by atoms with van der Waals surface area (Å²) in [4.78, 5) is 31.5. The van der Waals surface area contributed by atoms with E-state index in [9.17, 15) is 19.8 Å². The predicted octanol–water partition coefficient (Wildman–Crippen LogP) is -1.65. The minimum absolute atomic E-state index is 0.0319. The molecule has 3 aliphatic rings. The minimum atomic E-state index is -0.749. The molecule has 0 aromatic carbocycles. The Bertz CT molecular complexity index is 602. The molecule has 25 heavy (non-hydrogen) atoms. The average Bonchev–Trinajstić information content (AvgIpc) is 3.06. The molecule has 3 N–H and O–H groups in total. The molecule has 0 aromatic rings. The van der Waals surface area contributed by atoms with E-state index in [0.717, 1.165) is 12.1 Å². The fourth-order valence-electron chi connectivity index (χ4n) is 4.18. The predicted molar refractivity (Wildman–Crippen MR) is 95.1 cm³/mol. The number of hydrogen-bond acceptors (Lipinski definition) is 7. The second kappa shape index (κ2) is 7.33. The standard InChI is InChI=1S/C15H25BN3O5P/c1-7-10(6-18-4-3-9(21)5-18)13(15(23)24-25-17-16)19-12(7)11(8(2)20)14(19)22/h7-9,11-12,17,20-21,25H,3-6,16H2,1-2H3/t7-,8+,9-,11?,12+/m0/s1. The third-order valence-electron chi connectivity index (χ3n) is 5.40. The molecule has 0 bridgehead atoms. The quantitative estimate of drug-likeness (QED) is 0.293. The summed E-state index contributed by atoms with van der Waals surface area (Å²) < 4.78 is 5.23. The number of nitrogens with one attached hydrogen (secondary N) is 1. The molecule has 138 valence electrons.